The monoisotopic (exact) mass is 352 g/mol. The molecule has 0 aliphatic carbocycles. The highest BCUT2D eigenvalue weighted by atomic mass is 79.9. The van der Waals surface area contributed by atoms with Crippen LogP contribution in [0.15, 0.2) is 39.2 Å². The van der Waals surface area contributed by atoms with Crippen LogP contribution >= 0.6 is 27.3 Å². The maximum atomic E-state index is 11.9. The Balaban J connectivity index is 2.03. The maximum absolute atomic E-state index is 11.9. The molecule has 0 bridgehead atoms. The Labute approximate surface area is 129 Å². The molecule has 1 aromatic carbocycles. The fraction of sp³-hybridized carbons (Fsp3) is 0.143. The molecule has 0 aliphatic heterocycles. The number of benzene rings is 1. The number of hydrogen-bond acceptors (Lipinski definition) is 4. The average Bonchev–Trinajstić information content (AvgIpc) is 2.84. The molecule has 6 heteroatoms. The van der Waals surface area contributed by atoms with E-state index >= 15 is 0 Å². The van der Waals surface area contributed by atoms with Crippen molar-refractivity contribution in [1.82, 2.24) is 5.43 Å². The molecule has 0 saturated carbocycles. The van der Waals surface area contributed by atoms with E-state index in [1.165, 1.54) is 0 Å². The summed E-state index contributed by atoms with van der Waals surface area (Å²) in [5, 5.41) is 5.95. The molecule has 0 fully saturated rings. The number of halogens is 1. The van der Waals surface area contributed by atoms with E-state index in [1.807, 2.05) is 18.4 Å². The van der Waals surface area contributed by atoms with Gasteiger partial charge in [-0.25, -0.2) is 5.43 Å². The zero-order valence-electron chi connectivity index (χ0n) is 11.0. The number of nitrogens with zero attached hydrogens (tertiary/aromatic N) is 1. The number of aryl methyl sites for hydroxylation is 1. The van der Waals surface area contributed by atoms with Crippen molar-refractivity contribution in [2.45, 2.75) is 6.92 Å². The van der Waals surface area contributed by atoms with Crippen molar-refractivity contribution >= 4 is 39.4 Å². The van der Waals surface area contributed by atoms with Gasteiger partial charge in [-0.2, -0.15) is 5.10 Å². The number of nitrogens with one attached hydrogen (secondary N) is 1. The van der Waals surface area contributed by atoms with Gasteiger partial charge in [0.2, 0.25) is 0 Å². The molecular formula is C14H13BrN2O2S. The van der Waals surface area contributed by atoms with Crippen molar-refractivity contribution in [2.75, 3.05) is 7.11 Å². The molecule has 1 heterocycles. The predicted octanol–water partition coefficient (Wildman–Crippen LogP) is 3.59. The smallest absolute Gasteiger partial charge is 0.271 e. The summed E-state index contributed by atoms with van der Waals surface area (Å²) in [6.45, 7) is 2.00. The topological polar surface area (TPSA) is 50.7 Å². The Kier molecular flexibility index (Phi) is 4.92. The summed E-state index contributed by atoms with van der Waals surface area (Å²) >= 11 is 4.92. The van der Waals surface area contributed by atoms with Crippen LogP contribution in [0, 0.1) is 6.92 Å². The van der Waals surface area contributed by atoms with Crippen LogP contribution < -0.4 is 10.2 Å². The zero-order chi connectivity index (χ0) is 14.5. The SMILES string of the molecule is COc1ccc(C(=O)NN=Cc2sccc2C)cc1Br. The van der Waals surface area contributed by atoms with Gasteiger partial charge >= 0.3 is 0 Å². The predicted molar refractivity (Wildman–Crippen MR) is 84.8 cm³/mol. The molecule has 2 rings (SSSR count). The Morgan fingerprint density at radius 3 is 2.85 bits per heavy atom. The number of hydrazone groups is 1. The number of carbonyl (C=O) groups excluding carboxylic acids is 1. The van der Waals surface area contributed by atoms with Crippen molar-refractivity contribution in [1.29, 1.82) is 0 Å². The van der Waals surface area contributed by atoms with E-state index < -0.39 is 0 Å². The molecule has 20 heavy (non-hydrogen) atoms. The number of carbonyl (C=O) groups is 1. The van der Waals surface area contributed by atoms with Gasteiger partial charge in [0.1, 0.15) is 5.75 Å². The summed E-state index contributed by atoms with van der Waals surface area (Å²) in [6, 6.07) is 7.12. The van der Waals surface area contributed by atoms with Gasteiger partial charge < -0.3 is 4.74 Å². The Morgan fingerprint density at radius 1 is 1.45 bits per heavy atom. The summed E-state index contributed by atoms with van der Waals surface area (Å²) in [5.74, 6) is 0.415. The third-order valence-corrected chi connectivity index (χ3v) is 4.24. The minimum absolute atomic E-state index is 0.265. The van der Waals surface area contributed by atoms with Crippen LogP contribution in [0.2, 0.25) is 0 Å². The molecule has 1 amide bonds. The van der Waals surface area contributed by atoms with Crippen LogP contribution in [0.25, 0.3) is 0 Å². The van der Waals surface area contributed by atoms with Crippen molar-refractivity contribution in [2.24, 2.45) is 5.10 Å². The highest BCUT2D eigenvalue weighted by molar-refractivity contribution is 9.10. The molecule has 0 saturated heterocycles. The third-order valence-electron chi connectivity index (χ3n) is 2.66. The van der Waals surface area contributed by atoms with Gasteiger partial charge in [-0.3, -0.25) is 4.79 Å². The number of rotatable bonds is 4. The van der Waals surface area contributed by atoms with Gasteiger partial charge in [-0.15, -0.1) is 11.3 Å². The molecule has 4 nitrogen and oxygen atoms in total. The Bertz CT molecular complexity index is 652. The minimum atomic E-state index is -0.265. The highest BCUT2D eigenvalue weighted by Gasteiger charge is 2.07. The number of hydrogen-bond donors (Lipinski definition) is 1. The molecule has 0 atom stereocenters. The Hall–Kier alpha value is -1.66. The van der Waals surface area contributed by atoms with Crippen molar-refractivity contribution < 1.29 is 9.53 Å². The number of methoxy groups -OCH3 is 1. The molecule has 0 radical (unpaired) electrons. The van der Waals surface area contributed by atoms with E-state index in [1.54, 1.807) is 42.9 Å². The van der Waals surface area contributed by atoms with Crippen molar-refractivity contribution in [3.8, 4) is 5.75 Å². The van der Waals surface area contributed by atoms with Gasteiger partial charge in [0.15, 0.2) is 0 Å². The second kappa shape index (κ2) is 6.67. The van der Waals surface area contributed by atoms with E-state index in [-0.39, 0.29) is 5.91 Å². The van der Waals surface area contributed by atoms with Gasteiger partial charge in [0.25, 0.3) is 5.91 Å². The second-order valence-electron chi connectivity index (χ2n) is 4.02. The Morgan fingerprint density at radius 2 is 2.25 bits per heavy atom. The lowest BCUT2D eigenvalue weighted by atomic mass is 10.2. The molecule has 2 aromatic rings. The lowest BCUT2D eigenvalue weighted by Gasteiger charge is -2.05. The lowest BCUT2D eigenvalue weighted by molar-refractivity contribution is 0.0955. The summed E-state index contributed by atoms with van der Waals surface area (Å²) < 4.78 is 5.84. The summed E-state index contributed by atoms with van der Waals surface area (Å²) in [7, 11) is 1.58. The van der Waals surface area contributed by atoms with Crippen molar-refractivity contribution in [3.63, 3.8) is 0 Å². The van der Waals surface area contributed by atoms with Gasteiger partial charge in [0.05, 0.1) is 17.8 Å². The van der Waals surface area contributed by atoms with E-state index in [0.29, 0.717) is 11.3 Å². The first-order valence-corrected chi connectivity index (χ1v) is 7.50. The maximum Gasteiger partial charge on any atom is 0.271 e. The first kappa shape index (κ1) is 14.7. The van der Waals surface area contributed by atoms with Crippen LogP contribution in [0.4, 0.5) is 0 Å². The largest absolute Gasteiger partial charge is 0.496 e. The first-order valence-electron chi connectivity index (χ1n) is 5.83. The average molecular weight is 353 g/mol. The van der Waals surface area contributed by atoms with E-state index in [0.717, 1.165) is 14.9 Å². The molecular weight excluding hydrogens is 340 g/mol. The molecule has 0 spiro atoms. The molecule has 0 unspecified atom stereocenters. The highest BCUT2D eigenvalue weighted by Crippen LogP contribution is 2.25. The van der Waals surface area contributed by atoms with Crippen LogP contribution in [-0.4, -0.2) is 19.2 Å². The van der Waals surface area contributed by atoms with Gasteiger partial charge in [-0.1, -0.05) is 0 Å². The van der Waals surface area contributed by atoms with Crippen LogP contribution in [-0.2, 0) is 0 Å². The van der Waals surface area contributed by atoms with Gasteiger partial charge in [0, 0.05) is 10.4 Å². The fourth-order valence-corrected chi connectivity index (χ4v) is 2.87. The quantitative estimate of drug-likeness (QED) is 0.675. The minimum Gasteiger partial charge on any atom is -0.496 e. The summed E-state index contributed by atoms with van der Waals surface area (Å²) in [5.41, 5.74) is 4.16. The standard InChI is InChI=1S/C14H13BrN2O2S/c1-9-5-6-20-13(9)8-16-17-14(18)10-3-4-12(19-2)11(15)7-10/h3-8H,1-2H3,(H,17,18). The molecule has 1 aromatic heterocycles. The third kappa shape index (κ3) is 3.46. The fourth-order valence-electron chi connectivity index (χ4n) is 1.54. The summed E-state index contributed by atoms with van der Waals surface area (Å²) in [6.07, 6.45) is 1.65. The molecule has 1 N–H and O–H groups in total. The second-order valence-corrected chi connectivity index (χ2v) is 5.82. The number of amides is 1. The summed E-state index contributed by atoms with van der Waals surface area (Å²) in [4.78, 5) is 13.0. The normalized spacial score (nSPS) is 10.8. The zero-order valence-corrected chi connectivity index (χ0v) is 13.4. The first-order chi connectivity index (χ1) is 9.61. The van der Waals surface area contributed by atoms with E-state index in [4.69, 9.17) is 4.74 Å². The lowest BCUT2D eigenvalue weighted by Crippen LogP contribution is -2.17. The number of thiophene rings is 1. The van der Waals surface area contributed by atoms with E-state index in [9.17, 15) is 4.79 Å². The van der Waals surface area contributed by atoms with Crippen molar-refractivity contribution in [3.05, 3.63) is 50.1 Å². The van der Waals surface area contributed by atoms with Gasteiger partial charge in [-0.05, 0) is 58.1 Å². The van der Waals surface area contributed by atoms with Crippen LogP contribution in [0.3, 0.4) is 0 Å². The van der Waals surface area contributed by atoms with Crippen LogP contribution in [0.1, 0.15) is 20.8 Å². The van der Waals surface area contributed by atoms with Crippen LogP contribution in [0.5, 0.6) is 5.75 Å². The molecule has 104 valence electrons. The number of ether oxygens (including phenoxy) is 1. The molecule has 0 aliphatic rings. The van der Waals surface area contributed by atoms with E-state index in [2.05, 4.69) is 26.5 Å².